The van der Waals surface area contributed by atoms with E-state index in [1.54, 1.807) is 6.07 Å². The maximum Gasteiger partial charge on any atom is 0.249 e. The molecule has 0 radical (unpaired) electrons. The number of benzene rings is 2. The van der Waals surface area contributed by atoms with Crippen LogP contribution in [0, 0.1) is 0 Å². The van der Waals surface area contributed by atoms with Crippen molar-refractivity contribution < 1.29 is 9.59 Å². The molecule has 2 aromatic carbocycles. The number of nitrogens with zero attached hydrogens (tertiary/aromatic N) is 2. The molecule has 32 heavy (non-hydrogen) atoms. The summed E-state index contributed by atoms with van der Waals surface area (Å²) in [5, 5.41) is 0. The van der Waals surface area contributed by atoms with Crippen LogP contribution in [0.15, 0.2) is 48.5 Å². The minimum Gasteiger partial charge on any atom is -0.366 e. The van der Waals surface area contributed by atoms with E-state index in [0.29, 0.717) is 23.9 Å². The number of amides is 2. The third-order valence-corrected chi connectivity index (χ3v) is 6.42. The van der Waals surface area contributed by atoms with Gasteiger partial charge in [-0.3, -0.25) is 14.5 Å². The van der Waals surface area contributed by atoms with Crippen LogP contribution in [0.3, 0.4) is 0 Å². The Labute approximate surface area is 192 Å². The Morgan fingerprint density at radius 2 is 1.91 bits per heavy atom. The molecular weight excluding hydrogens is 398 g/mol. The summed E-state index contributed by atoms with van der Waals surface area (Å²) in [5.74, 6) is -0.0935. The van der Waals surface area contributed by atoms with Crippen molar-refractivity contribution in [3.8, 4) is 11.1 Å². The molecule has 0 bridgehead atoms. The molecule has 2 aromatic rings. The Balaban J connectivity index is 1.69. The monoisotopic (exact) mass is 435 g/mol. The van der Waals surface area contributed by atoms with Crippen molar-refractivity contribution in [2.75, 3.05) is 26.2 Å². The molecular formula is C27H37N3O2. The summed E-state index contributed by atoms with van der Waals surface area (Å²) < 4.78 is 0. The van der Waals surface area contributed by atoms with Crippen LogP contribution in [0.5, 0.6) is 0 Å². The zero-order chi connectivity index (χ0) is 22.9. The fraction of sp³-hybridized carbons (Fsp3) is 0.481. The Hall–Kier alpha value is -2.66. The first-order valence-electron chi connectivity index (χ1n) is 12.0. The van der Waals surface area contributed by atoms with Gasteiger partial charge in [0.05, 0.1) is 0 Å². The van der Waals surface area contributed by atoms with Crippen LogP contribution in [-0.2, 0) is 11.2 Å². The molecule has 1 atom stereocenters. The second-order valence-electron chi connectivity index (χ2n) is 8.89. The third kappa shape index (κ3) is 6.42. The molecule has 0 aliphatic carbocycles. The molecule has 0 saturated carbocycles. The molecule has 3 rings (SSSR count). The Bertz CT molecular complexity index is 911. The van der Waals surface area contributed by atoms with Crippen molar-refractivity contribution in [2.45, 2.75) is 58.4 Å². The van der Waals surface area contributed by atoms with Gasteiger partial charge < -0.3 is 10.6 Å². The van der Waals surface area contributed by atoms with Gasteiger partial charge in [0.15, 0.2) is 0 Å². The normalized spacial score (nSPS) is 15.6. The van der Waals surface area contributed by atoms with Gasteiger partial charge in [-0.2, -0.15) is 0 Å². The lowest BCUT2D eigenvalue weighted by Crippen LogP contribution is -2.43. The molecule has 172 valence electrons. The molecule has 1 aliphatic rings. The summed E-state index contributed by atoms with van der Waals surface area (Å²) in [4.78, 5) is 28.8. The van der Waals surface area contributed by atoms with Crippen LogP contribution in [0.25, 0.3) is 11.1 Å². The molecule has 2 N–H and O–H groups in total. The number of likely N-dealkylation sites (tertiary alicyclic amines) is 1. The SMILES string of the molecule is CCCN(CCN1CCCCCC1=O)C(C)Cc1cccc(-c2ccccc2C(N)=O)c1. The Kier molecular flexibility index (Phi) is 8.86. The predicted molar refractivity (Wildman–Crippen MR) is 130 cm³/mol. The summed E-state index contributed by atoms with van der Waals surface area (Å²) in [5.41, 5.74) is 9.26. The minimum atomic E-state index is -0.406. The fourth-order valence-corrected chi connectivity index (χ4v) is 4.65. The van der Waals surface area contributed by atoms with Crippen molar-refractivity contribution in [3.05, 3.63) is 59.7 Å². The van der Waals surface area contributed by atoms with Gasteiger partial charge in [0.1, 0.15) is 0 Å². The molecule has 1 aliphatic heterocycles. The van der Waals surface area contributed by atoms with Crippen molar-refractivity contribution >= 4 is 11.8 Å². The van der Waals surface area contributed by atoms with Gasteiger partial charge in [0.2, 0.25) is 11.8 Å². The first-order valence-corrected chi connectivity index (χ1v) is 12.0. The zero-order valence-electron chi connectivity index (χ0n) is 19.6. The largest absolute Gasteiger partial charge is 0.366 e. The highest BCUT2D eigenvalue weighted by Crippen LogP contribution is 2.25. The lowest BCUT2D eigenvalue weighted by molar-refractivity contribution is -0.131. The van der Waals surface area contributed by atoms with Crippen LogP contribution in [0.2, 0.25) is 0 Å². The lowest BCUT2D eigenvalue weighted by atomic mass is 9.96. The summed E-state index contributed by atoms with van der Waals surface area (Å²) in [7, 11) is 0. The molecule has 1 saturated heterocycles. The Morgan fingerprint density at radius 1 is 1.09 bits per heavy atom. The molecule has 5 heteroatoms. The fourth-order valence-electron chi connectivity index (χ4n) is 4.65. The second kappa shape index (κ2) is 11.8. The average molecular weight is 436 g/mol. The van der Waals surface area contributed by atoms with E-state index in [1.807, 2.05) is 24.3 Å². The van der Waals surface area contributed by atoms with E-state index in [-0.39, 0.29) is 0 Å². The van der Waals surface area contributed by atoms with Crippen molar-refractivity contribution in [3.63, 3.8) is 0 Å². The summed E-state index contributed by atoms with van der Waals surface area (Å²) >= 11 is 0. The van der Waals surface area contributed by atoms with E-state index in [1.165, 1.54) is 5.56 Å². The topological polar surface area (TPSA) is 66.6 Å². The van der Waals surface area contributed by atoms with Gasteiger partial charge in [0.25, 0.3) is 0 Å². The van der Waals surface area contributed by atoms with Crippen LogP contribution in [-0.4, -0.2) is 53.8 Å². The standard InChI is InChI=1S/C27H37N3O2/c1-3-15-29(17-18-30-16-8-4-5-14-26(30)31)21(2)19-22-10-9-11-23(20-22)24-12-6-7-13-25(24)27(28)32/h6-7,9-13,20-21H,3-5,8,14-19H2,1-2H3,(H2,28,32). The highest BCUT2D eigenvalue weighted by atomic mass is 16.2. The van der Waals surface area contributed by atoms with Crippen molar-refractivity contribution in [2.24, 2.45) is 5.73 Å². The highest BCUT2D eigenvalue weighted by Gasteiger charge is 2.20. The number of nitrogens with two attached hydrogens (primary N) is 1. The van der Waals surface area contributed by atoms with Crippen LogP contribution in [0.1, 0.15) is 61.9 Å². The quantitative estimate of drug-likeness (QED) is 0.598. The van der Waals surface area contributed by atoms with E-state index in [4.69, 9.17) is 5.73 Å². The van der Waals surface area contributed by atoms with Gasteiger partial charge in [-0.1, -0.05) is 55.8 Å². The van der Waals surface area contributed by atoms with Crippen molar-refractivity contribution in [1.29, 1.82) is 0 Å². The smallest absolute Gasteiger partial charge is 0.249 e. The highest BCUT2D eigenvalue weighted by molar-refractivity contribution is 5.99. The minimum absolute atomic E-state index is 0.312. The van der Waals surface area contributed by atoms with E-state index < -0.39 is 5.91 Å². The first-order chi connectivity index (χ1) is 15.5. The summed E-state index contributed by atoms with van der Waals surface area (Å²) in [6.07, 6.45) is 6.01. The average Bonchev–Trinajstić information content (AvgIpc) is 3.00. The van der Waals surface area contributed by atoms with Gasteiger partial charge >= 0.3 is 0 Å². The maximum absolute atomic E-state index is 12.4. The van der Waals surface area contributed by atoms with E-state index in [9.17, 15) is 9.59 Å². The molecule has 5 nitrogen and oxygen atoms in total. The van der Waals surface area contributed by atoms with E-state index in [2.05, 4.69) is 41.8 Å². The number of carbonyl (C=O) groups excluding carboxylic acids is 2. The zero-order valence-corrected chi connectivity index (χ0v) is 19.6. The molecule has 1 heterocycles. The van der Waals surface area contributed by atoms with Crippen molar-refractivity contribution in [1.82, 2.24) is 9.80 Å². The molecule has 0 spiro atoms. The van der Waals surface area contributed by atoms with Crippen LogP contribution < -0.4 is 5.73 Å². The number of primary amides is 1. The summed E-state index contributed by atoms with van der Waals surface area (Å²) in [6, 6.07) is 16.3. The summed E-state index contributed by atoms with van der Waals surface area (Å²) in [6.45, 7) is 8.12. The van der Waals surface area contributed by atoms with Crippen LogP contribution >= 0.6 is 0 Å². The molecule has 1 unspecified atom stereocenters. The molecule has 1 fully saturated rings. The van der Waals surface area contributed by atoms with E-state index >= 15 is 0 Å². The Morgan fingerprint density at radius 3 is 2.69 bits per heavy atom. The first kappa shape index (κ1) is 24.0. The van der Waals surface area contributed by atoms with Crippen LogP contribution in [0.4, 0.5) is 0 Å². The van der Waals surface area contributed by atoms with Gasteiger partial charge in [-0.15, -0.1) is 0 Å². The maximum atomic E-state index is 12.4. The molecule has 0 aromatic heterocycles. The second-order valence-corrected chi connectivity index (χ2v) is 8.89. The number of hydrogen-bond donors (Lipinski definition) is 1. The predicted octanol–water partition coefficient (Wildman–Crippen LogP) is 4.50. The third-order valence-electron chi connectivity index (χ3n) is 6.42. The number of rotatable bonds is 10. The van der Waals surface area contributed by atoms with Gasteiger partial charge in [-0.25, -0.2) is 0 Å². The molecule has 2 amide bonds. The number of hydrogen-bond acceptors (Lipinski definition) is 3. The van der Waals surface area contributed by atoms with Gasteiger partial charge in [-0.05, 0) is 61.9 Å². The number of carbonyl (C=O) groups is 2. The van der Waals surface area contributed by atoms with Gasteiger partial charge in [0, 0.05) is 37.7 Å². The van der Waals surface area contributed by atoms with E-state index in [0.717, 1.165) is 69.4 Å². The lowest BCUT2D eigenvalue weighted by Gasteiger charge is -2.31.